The molecule has 1 aliphatic carbocycles. The predicted octanol–water partition coefficient (Wildman–Crippen LogP) is -2.64. The van der Waals surface area contributed by atoms with E-state index in [4.69, 9.17) is 28.2 Å². The average molecular weight is 581 g/mol. The van der Waals surface area contributed by atoms with Crippen LogP contribution in [0.15, 0.2) is 24.3 Å². The maximum atomic E-state index is 12.7. The number of aliphatic hydroxyl groups excluding tert-OH is 5. The van der Waals surface area contributed by atoms with Gasteiger partial charge >= 0.3 is 5.97 Å². The fourth-order valence-electron chi connectivity index (χ4n) is 5.41. The van der Waals surface area contributed by atoms with Crippen molar-refractivity contribution in [3.63, 3.8) is 0 Å². The SMILES string of the molecule is CS(=O)(=O)O.O=C(OC1C2CCOC(OC3OC(CO)C(O)C(O)C3O)C2C2(CO)OC12)c1ccc(O)cc1. The lowest BCUT2D eigenvalue weighted by molar-refractivity contribution is -0.356. The number of ether oxygens (including phenoxy) is 5. The third-order valence-corrected chi connectivity index (χ3v) is 7.25. The van der Waals surface area contributed by atoms with Crippen molar-refractivity contribution in [2.24, 2.45) is 11.8 Å². The highest BCUT2D eigenvalue weighted by Gasteiger charge is 2.77. The van der Waals surface area contributed by atoms with Crippen LogP contribution in [0.2, 0.25) is 0 Å². The van der Waals surface area contributed by atoms with Gasteiger partial charge in [0.15, 0.2) is 12.6 Å². The second kappa shape index (κ2) is 11.5. The van der Waals surface area contributed by atoms with Gasteiger partial charge in [0.1, 0.15) is 48.0 Å². The number of phenolic OH excluding ortho intramolecular Hbond substituents is 1. The molecule has 16 heteroatoms. The van der Waals surface area contributed by atoms with E-state index < -0.39 is 83.4 Å². The van der Waals surface area contributed by atoms with E-state index in [2.05, 4.69) is 0 Å². The quantitative estimate of drug-likeness (QED) is 0.103. The summed E-state index contributed by atoms with van der Waals surface area (Å²) in [5.74, 6) is -1.47. The van der Waals surface area contributed by atoms with E-state index >= 15 is 0 Å². The number of benzene rings is 1. The van der Waals surface area contributed by atoms with Crippen molar-refractivity contribution >= 4 is 16.1 Å². The van der Waals surface area contributed by atoms with E-state index in [0.717, 1.165) is 0 Å². The Morgan fingerprint density at radius 2 is 1.72 bits per heavy atom. The first-order chi connectivity index (χ1) is 18.3. The Bertz CT molecular complexity index is 1100. The van der Waals surface area contributed by atoms with Crippen molar-refractivity contribution in [1.82, 2.24) is 0 Å². The van der Waals surface area contributed by atoms with Gasteiger partial charge in [-0.15, -0.1) is 0 Å². The molecule has 0 bridgehead atoms. The molecule has 220 valence electrons. The summed E-state index contributed by atoms with van der Waals surface area (Å²) in [5, 5.41) is 59.4. The van der Waals surface area contributed by atoms with Crippen molar-refractivity contribution in [1.29, 1.82) is 0 Å². The number of hydrogen-bond acceptors (Lipinski definition) is 14. The minimum Gasteiger partial charge on any atom is -0.508 e. The number of carbonyl (C=O) groups excluding carboxylic acids is 1. The van der Waals surface area contributed by atoms with Gasteiger partial charge in [-0.25, -0.2) is 4.79 Å². The lowest BCUT2D eigenvalue weighted by atomic mass is 9.83. The number of epoxide rings is 1. The molecule has 3 aliphatic heterocycles. The van der Waals surface area contributed by atoms with Crippen molar-refractivity contribution in [2.75, 3.05) is 26.1 Å². The number of carbonyl (C=O) groups is 1. The Kier molecular flexibility index (Phi) is 8.85. The normalized spacial score (nSPS) is 41.0. The number of fused-ring (bicyclic) bond motifs is 3. The minimum absolute atomic E-state index is 0.0138. The summed E-state index contributed by atoms with van der Waals surface area (Å²) in [4.78, 5) is 12.7. The maximum Gasteiger partial charge on any atom is 0.338 e. The van der Waals surface area contributed by atoms with E-state index in [0.29, 0.717) is 12.7 Å². The van der Waals surface area contributed by atoms with Crippen molar-refractivity contribution in [3.05, 3.63) is 29.8 Å². The first-order valence-electron chi connectivity index (χ1n) is 12.1. The Hall–Kier alpha value is -1.96. The molecular formula is C23H32O15S. The molecule has 3 heterocycles. The van der Waals surface area contributed by atoms with Crippen molar-refractivity contribution in [3.8, 4) is 5.75 Å². The van der Waals surface area contributed by atoms with Gasteiger partial charge in [-0.1, -0.05) is 0 Å². The number of esters is 1. The molecule has 1 aromatic carbocycles. The van der Waals surface area contributed by atoms with Crippen LogP contribution < -0.4 is 0 Å². The van der Waals surface area contributed by atoms with Crippen molar-refractivity contribution in [2.45, 2.75) is 61.2 Å². The molecule has 4 aliphatic rings. The molecule has 15 nitrogen and oxygen atoms in total. The largest absolute Gasteiger partial charge is 0.508 e. The molecule has 0 radical (unpaired) electrons. The van der Waals surface area contributed by atoms with Gasteiger partial charge in [-0.05, 0) is 30.7 Å². The molecule has 1 saturated carbocycles. The van der Waals surface area contributed by atoms with Crippen LogP contribution in [0.1, 0.15) is 16.8 Å². The number of aliphatic hydroxyl groups is 5. The van der Waals surface area contributed by atoms with Crippen LogP contribution in [0.4, 0.5) is 0 Å². The molecule has 39 heavy (non-hydrogen) atoms. The van der Waals surface area contributed by atoms with E-state index in [1.54, 1.807) is 0 Å². The highest BCUT2D eigenvalue weighted by molar-refractivity contribution is 7.85. The zero-order chi connectivity index (χ0) is 28.7. The van der Waals surface area contributed by atoms with Crippen LogP contribution in [-0.4, -0.2) is 130 Å². The lowest BCUT2D eigenvalue weighted by Crippen LogP contribution is -2.61. The zero-order valence-electron chi connectivity index (χ0n) is 20.7. The highest BCUT2D eigenvalue weighted by atomic mass is 32.2. The van der Waals surface area contributed by atoms with Gasteiger partial charge in [-0.2, -0.15) is 8.42 Å². The predicted molar refractivity (Wildman–Crippen MR) is 126 cm³/mol. The van der Waals surface area contributed by atoms with Crippen LogP contribution >= 0.6 is 0 Å². The molecule has 3 saturated heterocycles. The van der Waals surface area contributed by atoms with Gasteiger partial charge < -0.3 is 54.3 Å². The Morgan fingerprint density at radius 1 is 1.08 bits per heavy atom. The first kappa shape index (κ1) is 30.0. The summed E-state index contributed by atoms with van der Waals surface area (Å²) < 4.78 is 54.5. The molecule has 0 amide bonds. The fraction of sp³-hybridized carbons (Fsp3) is 0.696. The van der Waals surface area contributed by atoms with Gasteiger partial charge in [-0.3, -0.25) is 4.55 Å². The van der Waals surface area contributed by atoms with Crippen LogP contribution in [-0.2, 0) is 33.8 Å². The maximum absolute atomic E-state index is 12.7. The molecule has 0 spiro atoms. The second-order valence-corrected chi connectivity index (χ2v) is 11.3. The zero-order valence-corrected chi connectivity index (χ0v) is 21.5. The van der Waals surface area contributed by atoms with Crippen LogP contribution in [0.3, 0.4) is 0 Å². The van der Waals surface area contributed by atoms with Gasteiger partial charge in [0.25, 0.3) is 10.1 Å². The number of phenols is 1. The first-order valence-corrected chi connectivity index (χ1v) is 13.9. The molecule has 11 atom stereocenters. The molecule has 7 N–H and O–H groups in total. The summed E-state index contributed by atoms with van der Waals surface area (Å²) in [6.45, 7) is -0.766. The smallest absolute Gasteiger partial charge is 0.338 e. The lowest BCUT2D eigenvalue weighted by Gasteiger charge is -2.44. The Balaban J connectivity index is 0.000000648. The van der Waals surface area contributed by atoms with E-state index in [9.17, 15) is 43.9 Å². The van der Waals surface area contributed by atoms with Crippen LogP contribution in [0.25, 0.3) is 0 Å². The molecule has 5 rings (SSSR count). The summed E-state index contributed by atoms with van der Waals surface area (Å²) in [6.07, 6.45) is -8.46. The summed E-state index contributed by atoms with van der Waals surface area (Å²) in [5.41, 5.74) is -0.832. The third kappa shape index (κ3) is 6.20. The summed E-state index contributed by atoms with van der Waals surface area (Å²) in [7, 11) is -3.67. The number of aromatic hydroxyl groups is 1. The molecule has 1 aromatic rings. The molecule has 11 unspecified atom stereocenters. The second-order valence-electron chi connectivity index (χ2n) is 9.85. The Morgan fingerprint density at radius 3 is 2.31 bits per heavy atom. The fourth-order valence-corrected chi connectivity index (χ4v) is 5.41. The van der Waals surface area contributed by atoms with Gasteiger partial charge in [0.05, 0.1) is 37.6 Å². The highest BCUT2D eigenvalue weighted by Crippen LogP contribution is 2.61. The summed E-state index contributed by atoms with van der Waals surface area (Å²) in [6, 6.07) is 5.62. The monoisotopic (exact) mass is 580 g/mol. The third-order valence-electron chi connectivity index (χ3n) is 7.25. The minimum atomic E-state index is -3.67. The van der Waals surface area contributed by atoms with Crippen LogP contribution in [0.5, 0.6) is 5.75 Å². The molecule has 0 aromatic heterocycles. The summed E-state index contributed by atoms with van der Waals surface area (Å²) >= 11 is 0. The van der Waals surface area contributed by atoms with E-state index in [1.165, 1.54) is 24.3 Å². The standard InChI is InChI=1S/C22H28O12.CH4O3S/c23-7-12-14(26)15(27)16(28)21(31-12)33-20-13-11(5-6-30-20)17(18-22(13,8-24)34-18)32-19(29)9-1-3-10(25)4-2-9;1-5(2,3)4/h1-4,11-18,20-21,23-28H,5-8H2;1H3,(H,2,3,4). The van der Waals surface area contributed by atoms with E-state index in [-0.39, 0.29) is 30.4 Å². The van der Waals surface area contributed by atoms with Crippen LogP contribution in [0, 0.1) is 11.8 Å². The molecule has 4 fully saturated rings. The molecular weight excluding hydrogens is 548 g/mol. The van der Waals surface area contributed by atoms with Crippen molar-refractivity contribution < 1.29 is 72.1 Å². The van der Waals surface area contributed by atoms with E-state index in [1.807, 2.05) is 0 Å². The van der Waals surface area contributed by atoms with Gasteiger partial charge in [0, 0.05) is 5.92 Å². The number of hydrogen-bond donors (Lipinski definition) is 7. The average Bonchev–Trinajstić information content (AvgIpc) is 3.55. The topological polar surface area (TPSA) is 242 Å². The Labute approximate surface area is 223 Å². The van der Waals surface area contributed by atoms with Gasteiger partial charge in [0.2, 0.25) is 0 Å². The number of rotatable bonds is 6.